The first-order valence-corrected chi connectivity index (χ1v) is 3.23. The van der Waals surface area contributed by atoms with Gasteiger partial charge in [0.2, 0.25) is 0 Å². The SMILES string of the molecule is COCCCCNC(=O)O. The summed E-state index contributed by atoms with van der Waals surface area (Å²) in [6.07, 6.45) is 0.772. The summed E-state index contributed by atoms with van der Waals surface area (Å²) in [5.41, 5.74) is 0. The highest BCUT2D eigenvalue weighted by Crippen LogP contribution is 1.85. The molecule has 0 radical (unpaired) electrons. The number of carbonyl (C=O) groups is 1. The van der Waals surface area contributed by atoms with Gasteiger partial charge in [0.1, 0.15) is 0 Å². The zero-order valence-electron chi connectivity index (χ0n) is 6.09. The van der Waals surface area contributed by atoms with Crippen molar-refractivity contribution >= 4 is 6.09 Å². The van der Waals surface area contributed by atoms with Crippen LogP contribution in [0.2, 0.25) is 0 Å². The van der Waals surface area contributed by atoms with E-state index in [1.54, 1.807) is 7.11 Å². The third-order valence-corrected chi connectivity index (χ3v) is 1.05. The summed E-state index contributed by atoms with van der Waals surface area (Å²) in [6, 6.07) is 0. The fraction of sp³-hybridized carbons (Fsp3) is 0.833. The van der Waals surface area contributed by atoms with Crippen molar-refractivity contribution in [1.29, 1.82) is 0 Å². The molecule has 0 aromatic carbocycles. The third kappa shape index (κ3) is 7.23. The number of unbranched alkanes of at least 4 members (excludes halogenated alkanes) is 1. The molecule has 4 nitrogen and oxygen atoms in total. The molecular weight excluding hydrogens is 134 g/mol. The second kappa shape index (κ2) is 6.35. The molecule has 0 saturated carbocycles. The van der Waals surface area contributed by atoms with Crippen LogP contribution in [0.5, 0.6) is 0 Å². The van der Waals surface area contributed by atoms with Gasteiger partial charge in [-0.1, -0.05) is 0 Å². The standard InChI is InChI=1S/C6H13NO3/c1-10-5-3-2-4-7-6(8)9/h7H,2-5H2,1H3,(H,8,9). The van der Waals surface area contributed by atoms with E-state index in [4.69, 9.17) is 9.84 Å². The van der Waals surface area contributed by atoms with Crippen LogP contribution in [0.15, 0.2) is 0 Å². The second-order valence-electron chi connectivity index (χ2n) is 1.93. The fourth-order valence-corrected chi connectivity index (χ4v) is 0.567. The molecule has 0 rings (SSSR count). The molecule has 4 heteroatoms. The lowest BCUT2D eigenvalue weighted by Crippen LogP contribution is -2.21. The first-order chi connectivity index (χ1) is 4.77. The molecule has 0 aliphatic carbocycles. The summed E-state index contributed by atoms with van der Waals surface area (Å²) in [7, 11) is 1.63. The van der Waals surface area contributed by atoms with E-state index in [1.165, 1.54) is 0 Å². The number of rotatable bonds is 5. The molecule has 0 saturated heterocycles. The number of carboxylic acid groups (broad SMARTS) is 1. The van der Waals surface area contributed by atoms with E-state index in [1.807, 2.05) is 0 Å². The van der Waals surface area contributed by atoms with Crippen LogP contribution < -0.4 is 5.32 Å². The Morgan fingerprint density at radius 3 is 2.80 bits per heavy atom. The maximum absolute atomic E-state index is 9.89. The Hall–Kier alpha value is -0.770. The summed E-state index contributed by atoms with van der Waals surface area (Å²) in [5, 5.41) is 10.4. The van der Waals surface area contributed by atoms with Crippen molar-refractivity contribution in [2.45, 2.75) is 12.8 Å². The third-order valence-electron chi connectivity index (χ3n) is 1.05. The van der Waals surface area contributed by atoms with E-state index in [-0.39, 0.29) is 0 Å². The van der Waals surface area contributed by atoms with E-state index < -0.39 is 6.09 Å². The Labute approximate surface area is 60.2 Å². The molecule has 2 N–H and O–H groups in total. The highest BCUT2D eigenvalue weighted by molar-refractivity contribution is 5.64. The van der Waals surface area contributed by atoms with Gasteiger partial charge in [-0.05, 0) is 12.8 Å². The van der Waals surface area contributed by atoms with Crippen LogP contribution in [0.3, 0.4) is 0 Å². The maximum Gasteiger partial charge on any atom is 0.404 e. The van der Waals surface area contributed by atoms with Gasteiger partial charge in [-0.3, -0.25) is 0 Å². The molecule has 0 heterocycles. The molecule has 0 aromatic rings. The first kappa shape index (κ1) is 9.23. The van der Waals surface area contributed by atoms with Gasteiger partial charge in [0.05, 0.1) is 0 Å². The predicted octanol–water partition coefficient (Wildman–Crippen LogP) is 0.681. The predicted molar refractivity (Wildman–Crippen MR) is 37.1 cm³/mol. The van der Waals surface area contributed by atoms with Crippen LogP contribution in [0.1, 0.15) is 12.8 Å². The summed E-state index contributed by atoms with van der Waals surface area (Å²) in [5.74, 6) is 0. The molecule has 0 aliphatic heterocycles. The van der Waals surface area contributed by atoms with Crippen LogP contribution in [-0.4, -0.2) is 31.5 Å². The lowest BCUT2D eigenvalue weighted by molar-refractivity contribution is 0.186. The number of ether oxygens (including phenoxy) is 1. The van der Waals surface area contributed by atoms with Gasteiger partial charge in [-0.25, -0.2) is 4.79 Å². The summed E-state index contributed by atoms with van der Waals surface area (Å²) in [4.78, 5) is 9.89. The molecule has 0 spiro atoms. The number of amides is 1. The molecule has 1 amide bonds. The largest absolute Gasteiger partial charge is 0.465 e. The lowest BCUT2D eigenvalue weighted by Gasteiger charge is -1.99. The second-order valence-corrected chi connectivity index (χ2v) is 1.93. The summed E-state index contributed by atoms with van der Waals surface area (Å²) < 4.78 is 4.77. The van der Waals surface area contributed by atoms with Crippen molar-refractivity contribution in [3.05, 3.63) is 0 Å². The van der Waals surface area contributed by atoms with Gasteiger partial charge in [0.25, 0.3) is 0 Å². The molecular formula is C6H13NO3. The Morgan fingerprint density at radius 1 is 1.60 bits per heavy atom. The average Bonchev–Trinajstić information content (AvgIpc) is 1.87. The van der Waals surface area contributed by atoms with Crippen LogP contribution in [-0.2, 0) is 4.74 Å². The topological polar surface area (TPSA) is 58.6 Å². The van der Waals surface area contributed by atoms with Crippen molar-refractivity contribution in [3.63, 3.8) is 0 Å². The molecule has 0 fully saturated rings. The molecule has 0 unspecified atom stereocenters. The van der Waals surface area contributed by atoms with E-state index in [2.05, 4.69) is 5.32 Å². The molecule has 0 aliphatic rings. The number of nitrogens with one attached hydrogen (secondary N) is 1. The van der Waals surface area contributed by atoms with E-state index >= 15 is 0 Å². The van der Waals surface area contributed by atoms with Gasteiger partial charge < -0.3 is 15.2 Å². The van der Waals surface area contributed by atoms with Crippen LogP contribution >= 0.6 is 0 Å². The van der Waals surface area contributed by atoms with Crippen molar-refractivity contribution in [2.24, 2.45) is 0 Å². The zero-order chi connectivity index (χ0) is 7.82. The molecule has 10 heavy (non-hydrogen) atoms. The number of hydrogen-bond donors (Lipinski definition) is 2. The monoisotopic (exact) mass is 147 g/mol. The maximum atomic E-state index is 9.89. The minimum Gasteiger partial charge on any atom is -0.465 e. The molecule has 0 atom stereocenters. The highest BCUT2D eigenvalue weighted by atomic mass is 16.5. The van der Waals surface area contributed by atoms with Crippen molar-refractivity contribution in [2.75, 3.05) is 20.3 Å². The average molecular weight is 147 g/mol. The smallest absolute Gasteiger partial charge is 0.404 e. The van der Waals surface area contributed by atoms with Crippen LogP contribution in [0, 0.1) is 0 Å². The lowest BCUT2D eigenvalue weighted by atomic mass is 10.3. The number of methoxy groups -OCH3 is 1. The Kier molecular flexibility index (Phi) is 5.86. The van der Waals surface area contributed by atoms with Crippen LogP contribution in [0.4, 0.5) is 4.79 Å². The highest BCUT2D eigenvalue weighted by Gasteiger charge is 1.91. The van der Waals surface area contributed by atoms with Gasteiger partial charge in [0.15, 0.2) is 0 Å². The van der Waals surface area contributed by atoms with Gasteiger partial charge in [-0.2, -0.15) is 0 Å². The summed E-state index contributed by atoms with van der Waals surface area (Å²) in [6.45, 7) is 1.21. The van der Waals surface area contributed by atoms with E-state index in [9.17, 15) is 4.79 Å². The Morgan fingerprint density at radius 2 is 2.30 bits per heavy atom. The quantitative estimate of drug-likeness (QED) is 0.562. The van der Waals surface area contributed by atoms with Crippen molar-refractivity contribution in [1.82, 2.24) is 5.32 Å². The van der Waals surface area contributed by atoms with E-state index in [0.717, 1.165) is 12.8 Å². The Bertz CT molecular complexity index is 95.0. The Balaban J connectivity index is 2.84. The van der Waals surface area contributed by atoms with Gasteiger partial charge in [-0.15, -0.1) is 0 Å². The molecule has 60 valence electrons. The minimum absolute atomic E-state index is 0.513. The molecule has 0 bridgehead atoms. The van der Waals surface area contributed by atoms with Crippen molar-refractivity contribution in [3.8, 4) is 0 Å². The minimum atomic E-state index is -0.961. The number of hydrogen-bond acceptors (Lipinski definition) is 2. The van der Waals surface area contributed by atoms with Gasteiger partial charge in [0, 0.05) is 20.3 Å². The fourth-order valence-electron chi connectivity index (χ4n) is 0.567. The summed E-state index contributed by atoms with van der Waals surface area (Å²) >= 11 is 0. The molecule has 0 aromatic heterocycles. The first-order valence-electron chi connectivity index (χ1n) is 3.23. The zero-order valence-corrected chi connectivity index (χ0v) is 6.09. The van der Waals surface area contributed by atoms with Gasteiger partial charge >= 0.3 is 6.09 Å². The van der Waals surface area contributed by atoms with Crippen LogP contribution in [0.25, 0.3) is 0 Å². The van der Waals surface area contributed by atoms with Crippen molar-refractivity contribution < 1.29 is 14.6 Å². The van der Waals surface area contributed by atoms with E-state index in [0.29, 0.717) is 13.2 Å². The normalized spacial score (nSPS) is 9.30.